The zero-order chi connectivity index (χ0) is 22.4. The minimum Gasteiger partial charge on any atom is -0.508 e. The number of aromatic hydroxyl groups is 2. The van der Waals surface area contributed by atoms with Gasteiger partial charge in [0.2, 0.25) is 0 Å². The second-order valence-electron chi connectivity index (χ2n) is 7.17. The molecular formula is C26H26ClFeN3O2. The molecule has 0 aromatic heterocycles. The first-order chi connectivity index (χ1) is 14.8. The van der Waals surface area contributed by atoms with Gasteiger partial charge in [0.15, 0.2) is 0 Å². The number of nitrogens with two attached hydrogens (primary N) is 2. The van der Waals surface area contributed by atoms with Gasteiger partial charge in [-0.1, -0.05) is 36.4 Å². The van der Waals surface area contributed by atoms with Gasteiger partial charge in [0.25, 0.3) is 0 Å². The van der Waals surface area contributed by atoms with Crippen molar-refractivity contribution in [3.05, 3.63) is 113 Å². The summed E-state index contributed by atoms with van der Waals surface area (Å²) in [6, 6.07) is 19.7. The molecule has 4 rings (SSSR count). The van der Waals surface area contributed by atoms with Crippen molar-refractivity contribution in [3.63, 3.8) is 0 Å². The number of allylic oxidation sites excluding steroid dienone is 5. The maximum Gasteiger partial charge on any atom is 0.119 e. The summed E-state index contributed by atoms with van der Waals surface area (Å²) in [4.78, 5) is 0. The average molecular weight is 504 g/mol. The minimum absolute atomic E-state index is 0. The Balaban J connectivity index is 0.000000465. The van der Waals surface area contributed by atoms with Crippen LogP contribution in [0.25, 0.3) is 5.57 Å². The smallest absolute Gasteiger partial charge is 0.119 e. The number of nitrogen functional groups attached to an aromatic ring is 2. The summed E-state index contributed by atoms with van der Waals surface area (Å²) in [5.41, 5.74) is 19.2. The largest absolute Gasteiger partial charge is 0.508 e. The number of hydrogen-bond donors (Lipinski definition) is 5. The molecule has 0 bridgehead atoms. The molecule has 1 aliphatic rings. The van der Waals surface area contributed by atoms with E-state index in [9.17, 15) is 0 Å². The monoisotopic (exact) mass is 503 g/mol. The number of nitrogens with one attached hydrogen (secondary N) is 1. The van der Waals surface area contributed by atoms with Gasteiger partial charge in [-0.15, -0.1) is 12.4 Å². The van der Waals surface area contributed by atoms with Crippen molar-refractivity contribution in [3.8, 4) is 11.5 Å². The Hall–Kier alpha value is -3.44. The van der Waals surface area contributed by atoms with Crippen LogP contribution in [0, 0.1) is 12.3 Å². The predicted octanol–water partition coefficient (Wildman–Crippen LogP) is 5.62. The second-order valence-corrected chi connectivity index (χ2v) is 7.17. The molecule has 0 aliphatic heterocycles. The molecule has 172 valence electrons. The Bertz CT molecular complexity index is 1170. The van der Waals surface area contributed by atoms with Gasteiger partial charge in [-0.3, -0.25) is 0 Å². The fourth-order valence-corrected chi connectivity index (χ4v) is 3.11. The van der Waals surface area contributed by atoms with Crippen LogP contribution in [0.4, 0.5) is 11.4 Å². The quantitative estimate of drug-likeness (QED) is 0.230. The van der Waals surface area contributed by atoms with E-state index < -0.39 is 0 Å². The van der Waals surface area contributed by atoms with E-state index in [0.29, 0.717) is 5.71 Å². The predicted molar refractivity (Wildman–Crippen MR) is 135 cm³/mol. The average Bonchev–Trinajstić information content (AvgIpc) is 2.74. The second kappa shape index (κ2) is 12.6. The van der Waals surface area contributed by atoms with Crippen molar-refractivity contribution in [1.29, 1.82) is 5.41 Å². The van der Waals surface area contributed by atoms with E-state index in [1.807, 2.05) is 55.5 Å². The van der Waals surface area contributed by atoms with Crippen molar-refractivity contribution in [2.45, 2.75) is 6.92 Å². The Morgan fingerprint density at radius 3 is 1.79 bits per heavy atom. The van der Waals surface area contributed by atoms with Crippen molar-refractivity contribution in [2.75, 3.05) is 11.5 Å². The topological polar surface area (TPSA) is 116 Å². The molecule has 0 atom stereocenters. The summed E-state index contributed by atoms with van der Waals surface area (Å²) < 4.78 is 0. The number of phenols is 2. The first-order valence-corrected chi connectivity index (χ1v) is 9.73. The number of hydrogen-bond acceptors (Lipinski definition) is 5. The van der Waals surface area contributed by atoms with Crippen molar-refractivity contribution in [2.24, 2.45) is 0 Å². The third-order valence-electron chi connectivity index (χ3n) is 4.76. The van der Waals surface area contributed by atoms with Gasteiger partial charge >= 0.3 is 0 Å². The SMILES string of the molecule is Cc1cc(C(=C2C=CC(=N)C=C2)c2ccc(N)cc2)ccc1N.Cl.Oc1cccc(O)c1.[Fe]. The summed E-state index contributed by atoms with van der Waals surface area (Å²) in [5, 5.41) is 25.0. The van der Waals surface area contributed by atoms with Crippen molar-refractivity contribution in [1.82, 2.24) is 0 Å². The Morgan fingerprint density at radius 2 is 1.30 bits per heavy atom. The van der Waals surface area contributed by atoms with Gasteiger partial charge in [-0.05, 0) is 83.3 Å². The zero-order valence-corrected chi connectivity index (χ0v) is 19.9. The molecule has 0 saturated heterocycles. The van der Waals surface area contributed by atoms with E-state index in [1.54, 1.807) is 18.2 Å². The molecule has 0 saturated carbocycles. The van der Waals surface area contributed by atoms with Crippen molar-refractivity contribution >= 4 is 35.1 Å². The van der Waals surface area contributed by atoms with Crippen LogP contribution in [0.2, 0.25) is 0 Å². The standard InChI is InChI=1S/C20H19N3.C6H6O2.ClH.Fe/c1-13-12-16(6-11-19(13)23)20(14-2-7-17(21)8-3-14)15-4-9-18(22)10-5-15;7-5-2-1-3-6(8)4-5;;/h2-12,21H,22-23H2,1H3;1-4,7-8H;1H;. The first-order valence-electron chi connectivity index (χ1n) is 9.73. The summed E-state index contributed by atoms with van der Waals surface area (Å²) in [6.07, 6.45) is 7.55. The number of rotatable bonds is 2. The molecule has 0 heterocycles. The summed E-state index contributed by atoms with van der Waals surface area (Å²) in [6.45, 7) is 2.01. The van der Waals surface area contributed by atoms with Gasteiger partial charge in [-0.25, -0.2) is 0 Å². The van der Waals surface area contributed by atoms with E-state index in [4.69, 9.17) is 27.1 Å². The van der Waals surface area contributed by atoms with Gasteiger partial charge < -0.3 is 27.1 Å². The molecular weight excluding hydrogens is 478 g/mol. The molecule has 0 radical (unpaired) electrons. The molecule has 1 aliphatic carbocycles. The molecule has 0 fully saturated rings. The molecule has 0 spiro atoms. The summed E-state index contributed by atoms with van der Waals surface area (Å²) in [5.74, 6) is 0.176. The van der Waals surface area contributed by atoms with Crippen LogP contribution >= 0.6 is 12.4 Å². The number of anilines is 2. The summed E-state index contributed by atoms with van der Waals surface area (Å²) in [7, 11) is 0. The molecule has 3 aromatic rings. The Kier molecular flexibility index (Phi) is 10.5. The number of halogens is 1. The van der Waals surface area contributed by atoms with Crippen LogP contribution < -0.4 is 11.5 Å². The summed E-state index contributed by atoms with van der Waals surface area (Å²) >= 11 is 0. The zero-order valence-electron chi connectivity index (χ0n) is 18.0. The third kappa shape index (κ3) is 7.58. The van der Waals surface area contributed by atoms with E-state index in [2.05, 4.69) is 6.07 Å². The van der Waals surface area contributed by atoms with Gasteiger partial charge in [0.1, 0.15) is 11.5 Å². The van der Waals surface area contributed by atoms with Crippen molar-refractivity contribution < 1.29 is 27.3 Å². The maximum absolute atomic E-state index is 8.65. The van der Waals surface area contributed by atoms with E-state index in [-0.39, 0.29) is 41.0 Å². The van der Waals surface area contributed by atoms with E-state index in [1.165, 1.54) is 18.2 Å². The number of benzene rings is 3. The Labute approximate surface area is 210 Å². The Morgan fingerprint density at radius 1 is 0.758 bits per heavy atom. The van der Waals surface area contributed by atoms with Gasteiger partial charge in [0, 0.05) is 34.5 Å². The normalized spacial score (nSPS) is 11.5. The van der Waals surface area contributed by atoms with Crippen LogP contribution in [-0.2, 0) is 17.1 Å². The number of aryl methyl sites for hydroxylation is 1. The van der Waals surface area contributed by atoms with E-state index >= 15 is 0 Å². The molecule has 3 aromatic carbocycles. The number of phenolic OH excluding ortho intramolecular Hbond substituents is 2. The first kappa shape index (κ1) is 27.6. The molecule has 7 N–H and O–H groups in total. The van der Waals surface area contributed by atoms with Gasteiger partial charge in [-0.2, -0.15) is 0 Å². The van der Waals surface area contributed by atoms with Crippen LogP contribution in [-0.4, -0.2) is 15.9 Å². The maximum atomic E-state index is 8.65. The van der Waals surface area contributed by atoms with Crippen LogP contribution in [0.15, 0.2) is 96.6 Å². The fraction of sp³-hybridized carbons (Fsp3) is 0.0385. The molecule has 0 amide bonds. The molecule has 5 nitrogen and oxygen atoms in total. The van der Waals surface area contributed by atoms with Crippen LogP contribution in [0.5, 0.6) is 11.5 Å². The molecule has 7 heteroatoms. The van der Waals surface area contributed by atoms with Crippen LogP contribution in [0.3, 0.4) is 0 Å². The third-order valence-corrected chi connectivity index (χ3v) is 4.76. The minimum atomic E-state index is 0. The van der Waals surface area contributed by atoms with Crippen LogP contribution in [0.1, 0.15) is 16.7 Å². The molecule has 0 unspecified atom stereocenters. The molecule has 33 heavy (non-hydrogen) atoms. The van der Waals surface area contributed by atoms with Gasteiger partial charge in [0.05, 0.1) is 5.71 Å². The fourth-order valence-electron chi connectivity index (χ4n) is 3.11. The van der Waals surface area contributed by atoms with E-state index in [0.717, 1.165) is 39.2 Å².